The van der Waals surface area contributed by atoms with Crippen molar-refractivity contribution < 1.29 is 4.39 Å². The fourth-order valence-electron chi connectivity index (χ4n) is 2.19. The molecule has 2 aromatic carbocycles. The second-order valence-electron chi connectivity index (χ2n) is 4.84. The number of aromatic nitrogens is 3. The van der Waals surface area contributed by atoms with E-state index in [0.29, 0.717) is 18.1 Å². The van der Waals surface area contributed by atoms with Gasteiger partial charge in [0.2, 0.25) is 0 Å². The Kier molecular flexibility index (Phi) is 4.34. The predicted octanol–water partition coefficient (Wildman–Crippen LogP) is 3.73. The summed E-state index contributed by atoms with van der Waals surface area (Å²) >= 11 is 6.09. The van der Waals surface area contributed by atoms with Crippen LogP contribution in [-0.4, -0.2) is 14.8 Å². The Labute approximate surface area is 132 Å². The number of benzene rings is 2. The van der Waals surface area contributed by atoms with Crippen molar-refractivity contribution in [1.29, 1.82) is 0 Å². The number of anilines is 1. The Balaban J connectivity index is 1.76. The fraction of sp³-hybridized carbons (Fsp3) is 0.125. The zero-order valence-electron chi connectivity index (χ0n) is 11.7. The van der Waals surface area contributed by atoms with E-state index in [1.807, 2.05) is 24.3 Å². The van der Waals surface area contributed by atoms with Crippen LogP contribution in [0.4, 0.5) is 10.1 Å². The molecule has 1 N–H and O–H groups in total. The number of nitrogens with one attached hydrogen (secondary N) is 1. The molecule has 0 aliphatic rings. The Bertz CT molecular complexity index is 759. The van der Waals surface area contributed by atoms with Gasteiger partial charge in [0.15, 0.2) is 0 Å². The molecule has 0 spiro atoms. The Morgan fingerprint density at radius 2 is 2.00 bits per heavy atom. The van der Waals surface area contributed by atoms with Crippen LogP contribution in [0.15, 0.2) is 55.1 Å². The van der Waals surface area contributed by atoms with Gasteiger partial charge in [0.05, 0.1) is 6.54 Å². The molecule has 0 amide bonds. The first-order valence-corrected chi connectivity index (χ1v) is 7.18. The highest BCUT2D eigenvalue weighted by Crippen LogP contribution is 2.21. The highest BCUT2D eigenvalue weighted by atomic mass is 35.5. The van der Waals surface area contributed by atoms with Crippen molar-refractivity contribution in [3.05, 3.63) is 77.1 Å². The van der Waals surface area contributed by atoms with Gasteiger partial charge in [0.25, 0.3) is 0 Å². The van der Waals surface area contributed by atoms with Crippen molar-refractivity contribution in [2.75, 3.05) is 5.32 Å². The van der Waals surface area contributed by atoms with Crippen molar-refractivity contribution >= 4 is 17.3 Å². The molecule has 0 aliphatic carbocycles. The molecular formula is C16H14ClFN4. The lowest BCUT2D eigenvalue weighted by Gasteiger charge is -2.13. The first-order valence-electron chi connectivity index (χ1n) is 6.80. The first kappa shape index (κ1) is 14.5. The van der Waals surface area contributed by atoms with E-state index in [0.717, 1.165) is 16.8 Å². The minimum absolute atomic E-state index is 0.294. The van der Waals surface area contributed by atoms with Crippen LogP contribution in [0, 0.1) is 5.82 Å². The quantitative estimate of drug-likeness (QED) is 0.780. The summed E-state index contributed by atoms with van der Waals surface area (Å²) in [6.45, 7) is 1.06. The van der Waals surface area contributed by atoms with Gasteiger partial charge in [-0.2, -0.15) is 5.10 Å². The molecule has 1 aromatic heterocycles. The number of para-hydroxylation sites is 1. The maximum absolute atomic E-state index is 13.3. The van der Waals surface area contributed by atoms with Crippen LogP contribution in [0.5, 0.6) is 0 Å². The van der Waals surface area contributed by atoms with Gasteiger partial charge in [-0.3, -0.25) is 0 Å². The average molecular weight is 317 g/mol. The molecule has 0 saturated carbocycles. The van der Waals surface area contributed by atoms with Gasteiger partial charge in [0, 0.05) is 17.3 Å². The Morgan fingerprint density at radius 1 is 1.14 bits per heavy atom. The van der Waals surface area contributed by atoms with Crippen LogP contribution in [0.1, 0.15) is 11.1 Å². The lowest BCUT2D eigenvalue weighted by Crippen LogP contribution is -2.06. The molecule has 0 unspecified atom stereocenters. The molecule has 0 atom stereocenters. The largest absolute Gasteiger partial charge is 0.381 e. The molecule has 1 heterocycles. The van der Waals surface area contributed by atoms with Crippen molar-refractivity contribution in [3.8, 4) is 0 Å². The lowest BCUT2D eigenvalue weighted by atomic mass is 10.1. The molecule has 6 heteroatoms. The minimum Gasteiger partial charge on any atom is -0.381 e. The topological polar surface area (TPSA) is 42.7 Å². The van der Waals surface area contributed by atoms with Crippen molar-refractivity contribution in [2.24, 2.45) is 0 Å². The summed E-state index contributed by atoms with van der Waals surface area (Å²) in [5.74, 6) is -0.294. The molecule has 0 aliphatic heterocycles. The van der Waals surface area contributed by atoms with E-state index in [1.54, 1.807) is 17.1 Å². The molecular weight excluding hydrogens is 303 g/mol. The summed E-state index contributed by atoms with van der Waals surface area (Å²) in [7, 11) is 0. The first-order chi connectivity index (χ1) is 10.7. The number of halogens is 2. The zero-order chi connectivity index (χ0) is 15.4. The van der Waals surface area contributed by atoms with E-state index in [1.165, 1.54) is 18.5 Å². The third kappa shape index (κ3) is 3.43. The smallest absolute Gasteiger partial charge is 0.137 e. The molecule has 0 fully saturated rings. The summed E-state index contributed by atoms with van der Waals surface area (Å²) in [6.07, 6.45) is 3.17. The molecule has 22 heavy (non-hydrogen) atoms. The average Bonchev–Trinajstić information content (AvgIpc) is 3.02. The molecule has 112 valence electrons. The lowest BCUT2D eigenvalue weighted by molar-refractivity contribution is 0.626. The van der Waals surface area contributed by atoms with Crippen molar-refractivity contribution in [3.63, 3.8) is 0 Å². The van der Waals surface area contributed by atoms with E-state index in [2.05, 4.69) is 15.4 Å². The molecule has 4 nitrogen and oxygen atoms in total. The summed E-state index contributed by atoms with van der Waals surface area (Å²) in [6, 6.07) is 12.2. The van der Waals surface area contributed by atoms with E-state index in [4.69, 9.17) is 11.6 Å². The van der Waals surface area contributed by atoms with Crippen molar-refractivity contribution in [2.45, 2.75) is 13.1 Å². The van der Waals surface area contributed by atoms with E-state index in [9.17, 15) is 4.39 Å². The number of hydrogen-bond donors (Lipinski definition) is 1. The van der Waals surface area contributed by atoms with Crippen LogP contribution < -0.4 is 5.32 Å². The maximum atomic E-state index is 13.3. The molecule has 0 bridgehead atoms. The SMILES string of the molecule is Fc1ccc(Cl)c(CNc2ccccc2Cn2cncn2)c1. The highest BCUT2D eigenvalue weighted by Gasteiger charge is 2.06. The van der Waals surface area contributed by atoms with Gasteiger partial charge in [-0.1, -0.05) is 29.8 Å². The van der Waals surface area contributed by atoms with Gasteiger partial charge >= 0.3 is 0 Å². The van der Waals surface area contributed by atoms with Gasteiger partial charge < -0.3 is 5.32 Å². The van der Waals surface area contributed by atoms with Crippen LogP contribution in [-0.2, 0) is 13.1 Å². The van der Waals surface area contributed by atoms with Gasteiger partial charge in [0.1, 0.15) is 18.5 Å². The summed E-state index contributed by atoms with van der Waals surface area (Å²) in [5.41, 5.74) is 2.75. The monoisotopic (exact) mass is 316 g/mol. The number of hydrogen-bond acceptors (Lipinski definition) is 3. The number of nitrogens with zero attached hydrogens (tertiary/aromatic N) is 3. The third-order valence-corrected chi connectivity index (χ3v) is 3.66. The van der Waals surface area contributed by atoms with Crippen LogP contribution >= 0.6 is 11.6 Å². The predicted molar refractivity (Wildman–Crippen MR) is 84.3 cm³/mol. The molecule has 0 radical (unpaired) electrons. The minimum atomic E-state index is -0.294. The second kappa shape index (κ2) is 6.58. The van der Waals surface area contributed by atoms with Crippen molar-refractivity contribution in [1.82, 2.24) is 14.8 Å². The molecule has 3 aromatic rings. The maximum Gasteiger partial charge on any atom is 0.137 e. The number of rotatable bonds is 5. The highest BCUT2D eigenvalue weighted by molar-refractivity contribution is 6.31. The Morgan fingerprint density at radius 3 is 2.82 bits per heavy atom. The normalized spacial score (nSPS) is 10.6. The van der Waals surface area contributed by atoms with Gasteiger partial charge in [-0.15, -0.1) is 0 Å². The van der Waals surface area contributed by atoms with Crippen LogP contribution in [0.2, 0.25) is 5.02 Å². The summed E-state index contributed by atoms with van der Waals surface area (Å²) in [5, 5.41) is 7.95. The van der Waals surface area contributed by atoms with E-state index >= 15 is 0 Å². The van der Waals surface area contributed by atoms with Crippen LogP contribution in [0.3, 0.4) is 0 Å². The van der Waals surface area contributed by atoms with Gasteiger partial charge in [-0.25, -0.2) is 14.1 Å². The zero-order valence-corrected chi connectivity index (χ0v) is 12.5. The molecule has 3 rings (SSSR count). The summed E-state index contributed by atoms with van der Waals surface area (Å²) in [4.78, 5) is 3.94. The van der Waals surface area contributed by atoms with Gasteiger partial charge in [-0.05, 0) is 35.4 Å². The van der Waals surface area contributed by atoms with Crippen LogP contribution in [0.25, 0.3) is 0 Å². The van der Waals surface area contributed by atoms with E-state index < -0.39 is 0 Å². The standard InChI is InChI=1S/C16H14ClFN4/c17-15-6-5-14(18)7-13(15)8-20-16-4-2-1-3-12(16)9-22-11-19-10-21-22/h1-7,10-11,20H,8-9H2. The third-order valence-electron chi connectivity index (χ3n) is 3.29. The van der Waals surface area contributed by atoms with E-state index in [-0.39, 0.29) is 5.82 Å². The Hall–Kier alpha value is -2.40. The second-order valence-corrected chi connectivity index (χ2v) is 5.25. The fourth-order valence-corrected chi connectivity index (χ4v) is 2.37. The summed E-state index contributed by atoms with van der Waals surface area (Å²) < 4.78 is 15.0. The molecule has 0 saturated heterocycles.